The van der Waals surface area contributed by atoms with Crippen LogP contribution < -0.4 is 0 Å². The third-order valence-electron chi connectivity index (χ3n) is 4.99. The van der Waals surface area contributed by atoms with Gasteiger partial charge in [-0.15, -0.1) is 0 Å². The summed E-state index contributed by atoms with van der Waals surface area (Å²) in [6, 6.07) is 6.77. The summed E-state index contributed by atoms with van der Waals surface area (Å²) in [5.41, 5.74) is 5.63. The SMILES string of the molecule is CCOC(=O)CCCCC[N+]1=C(C)C(C)(C)c2cc(C)ccc21. The Bertz CT molecular complexity index is 614. The van der Waals surface area contributed by atoms with Gasteiger partial charge in [0.05, 0.1) is 12.0 Å². The van der Waals surface area contributed by atoms with Crippen molar-refractivity contribution < 1.29 is 14.1 Å². The Hall–Kier alpha value is -1.64. The molecule has 23 heavy (non-hydrogen) atoms. The molecule has 0 bridgehead atoms. The Labute approximate surface area is 140 Å². The molecular weight excluding hydrogens is 286 g/mol. The number of carbonyl (C=O) groups excluding carboxylic acids is 1. The van der Waals surface area contributed by atoms with Crippen LogP contribution in [0.25, 0.3) is 0 Å². The van der Waals surface area contributed by atoms with Crippen LogP contribution in [0.3, 0.4) is 0 Å². The van der Waals surface area contributed by atoms with Crippen LogP contribution in [0.15, 0.2) is 18.2 Å². The number of benzene rings is 1. The molecule has 0 amide bonds. The molecule has 2 rings (SSSR count). The molecule has 126 valence electrons. The van der Waals surface area contributed by atoms with Gasteiger partial charge < -0.3 is 4.74 Å². The molecule has 0 saturated heterocycles. The van der Waals surface area contributed by atoms with Crippen molar-refractivity contribution in [3.63, 3.8) is 0 Å². The summed E-state index contributed by atoms with van der Waals surface area (Å²) in [4.78, 5) is 11.4. The van der Waals surface area contributed by atoms with Crippen LogP contribution in [-0.2, 0) is 14.9 Å². The zero-order valence-corrected chi connectivity index (χ0v) is 15.2. The fourth-order valence-corrected chi connectivity index (χ4v) is 3.34. The second-order valence-corrected chi connectivity index (χ2v) is 7.00. The Balaban J connectivity index is 1.96. The fraction of sp³-hybridized carbons (Fsp3) is 0.600. The lowest BCUT2D eigenvalue weighted by molar-refractivity contribution is -0.439. The van der Waals surface area contributed by atoms with Crippen molar-refractivity contribution in [2.45, 2.75) is 65.7 Å². The van der Waals surface area contributed by atoms with Crippen molar-refractivity contribution >= 4 is 17.4 Å². The monoisotopic (exact) mass is 316 g/mol. The van der Waals surface area contributed by atoms with Crippen molar-refractivity contribution in [2.75, 3.05) is 13.2 Å². The smallest absolute Gasteiger partial charge is 0.305 e. The number of unbranched alkanes of at least 4 members (excludes halogenated alkanes) is 2. The molecule has 1 aliphatic heterocycles. The van der Waals surface area contributed by atoms with E-state index in [0.717, 1.165) is 25.8 Å². The quantitative estimate of drug-likeness (QED) is 0.420. The van der Waals surface area contributed by atoms with Crippen LogP contribution >= 0.6 is 0 Å². The molecular formula is C20H30NO2+. The normalized spacial score (nSPS) is 15.7. The molecule has 0 unspecified atom stereocenters. The molecule has 0 aromatic heterocycles. The number of fused-ring (bicyclic) bond motifs is 1. The Kier molecular flexibility index (Phi) is 5.61. The molecule has 0 fully saturated rings. The van der Waals surface area contributed by atoms with Gasteiger partial charge in [-0.2, -0.15) is 4.58 Å². The first-order valence-electron chi connectivity index (χ1n) is 8.76. The van der Waals surface area contributed by atoms with E-state index < -0.39 is 0 Å². The van der Waals surface area contributed by atoms with Crippen LogP contribution in [-0.4, -0.2) is 29.4 Å². The van der Waals surface area contributed by atoms with Crippen molar-refractivity contribution in [1.82, 2.24) is 0 Å². The first kappa shape index (κ1) is 17.7. The molecule has 0 aliphatic carbocycles. The maximum Gasteiger partial charge on any atom is 0.305 e. The minimum atomic E-state index is -0.0710. The summed E-state index contributed by atoms with van der Waals surface area (Å²) in [5, 5.41) is 0. The number of ether oxygens (including phenoxy) is 1. The molecule has 1 aromatic rings. The minimum absolute atomic E-state index is 0.0710. The molecule has 1 aliphatic rings. The van der Waals surface area contributed by atoms with E-state index in [1.54, 1.807) is 0 Å². The first-order valence-corrected chi connectivity index (χ1v) is 8.76. The highest BCUT2D eigenvalue weighted by molar-refractivity contribution is 5.93. The molecule has 0 saturated carbocycles. The van der Waals surface area contributed by atoms with Crippen molar-refractivity contribution in [3.05, 3.63) is 29.3 Å². The summed E-state index contributed by atoms with van der Waals surface area (Å²) >= 11 is 0. The maximum absolute atomic E-state index is 11.4. The number of nitrogens with zero attached hydrogens (tertiary/aromatic N) is 1. The van der Waals surface area contributed by atoms with Gasteiger partial charge in [0, 0.05) is 31.4 Å². The van der Waals surface area contributed by atoms with E-state index in [9.17, 15) is 4.79 Å². The average molecular weight is 316 g/mol. The highest BCUT2D eigenvalue weighted by Gasteiger charge is 2.42. The van der Waals surface area contributed by atoms with Gasteiger partial charge in [-0.3, -0.25) is 4.79 Å². The first-order chi connectivity index (χ1) is 10.9. The van der Waals surface area contributed by atoms with Crippen molar-refractivity contribution in [3.8, 4) is 0 Å². The van der Waals surface area contributed by atoms with E-state index in [2.05, 4.69) is 50.5 Å². The molecule has 3 heteroatoms. The molecule has 0 radical (unpaired) electrons. The van der Waals surface area contributed by atoms with E-state index in [-0.39, 0.29) is 11.4 Å². The van der Waals surface area contributed by atoms with Gasteiger partial charge in [-0.25, -0.2) is 0 Å². The van der Waals surface area contributed by atoms with Gasteiger partial charge in [0.25, 0.3) is 0 Å². The number of aryl methyl sites for hydroxylation is 1. The number of hydrogen-bond donors (Lipinski definition) is 0. The van der Waals surface area contributed by atoms with Gasteiger partial charge >= 0.3 is 5.97 Å². The van der Waals surface area contributed by atoms with E-state index in [0.29, 0.717) is 13.0 Å². The molecule has 0 spiro atoms. The van der Waals surface area contributed by atoms with E-state index in [4.69, 9.17) is 4.74 Å². The van der Waals surface area contributed by atoms with E-state index in [1.807, 2.05) is 6.92 Å². The second kappa shape index (κ2) is 7.29. The van der Waals surface area contributed by atoms with Crippen LogP contribution in [0.5, 0.6) is 0 Å². The summed E-state index contributed by atoms with van der Waals surface area (Å²) in [7, 11) is 0. The lowest BCUT2D eigenvalue weighted by atomic mass is 9.82. The number of esters is 1. The number of hydrogen-bond acceptors (Lipinski definition) is 2. The van der Waals surface area contributed by atoms with Crippen molar-refractivity contribution in [2.24, 2.45) is 0 Å². The predicted molar refractivity (Wildman–Crippen MR) is 94.8 cm³/mol. The zero-order chi connectivity index (χ0) is 17.0. The largest absolute Gasteiger partial charge is 0.466 e. The van der Waals surface area contributed by atoms with Crippen molar-refractivity contribution in [1.29, 1.82) is 0 Å². The van der Waals surface area contributed by atoms with Crippen LogP contribution in [0.1, 0.15) is 64.5 Å². The predicted octanol–water partition coefficient (Wildman–Crippen LogP) is 4.51. The molecule has 3 nitrogen and oxygen atoms in total. The fourth-order valence-electron chi connectivity index (χ4n) is 3.34. The molecule has 1 aromatic carbocycles. The minimum Gasteiger partial charge on any atom is -0.466 e. The topological polar surface area (TPSA) is 29.3 Å². The lowest BCUT2D eigenvalue weighted by Crippen LogP contribution is -2.26. The van der Waals surface area contributed by atoms with Gasteiger partial charge in [0.2, 0.25) is 5.69 Å². The molecule has 1 heterocycles. The molecule has 0 atom stereocenters. The van der Waals surface area contributed by atoms with Gasteiger partial charge in [-0.05, 0) is 46.6 Å². The summed E-state index contributed by atoms with van der Waals surface area (Å²) in [5.74, 6) is -0.0710. The lowest BCUT2D eigenvalue weighted by Gasteiger charge is -2.15. The molecule has 0 N–H and O–H groups in total. The highest BCUT2D eigenvalue weighted by Crippen LogP contribution is 2.39. The van der Waals surface area contributed by atoms with Crippen LogP contribution in [0.2, 0.25) is 0 Å². The van der Waals surface area contributed by atoms with Gasteiger partial charge in [-0.1, -0.05) is 11.6 Å². The Morgan fingerprint density at radius 3 is 2.61 bits per heavy atom. The van der Waals surface area contributed by atoms with Crippen LogP contribution in [0, 0.1) is 6.92 Å². The Morgan fingerprint density at radius 2 is 1.91 bits per heavy atom. The highest BCUT2D eigenvalue weighted by atomic mass is 16.5. The zero-order valence-electron chi connectivity index (χ0n) is 15.2. The summed E-state index contributed by atoms with van der Waals surface area (Å²) in [6.45, 7) is 12.4. The Morgan fingerprint density at radius 1 is 1.17 bits per heavy atom. The second-order valence-electron chi connectivity index (χ2n) is 7.00. The maximum atomic E-state index is 11.4. The van der Waals surface area contributed by atoms with Gasteiger partial charge in [0.1, 0.15) is 6.54 Å². The average Bonchev–Trinajstić information content (AvgIpc) is 2.68. The number of carbonyl (C=O) groups is 1. The third-order valence-corrected chi connectivity index (χ3v) is 4.99. The van der Waals surface area contributed by atoms with Crippen LogP contribution in [0.4, 0.5) is 5.69 Å². The van der Waals surface area contributed by atoms with E-state index >= 15 is 0 Å². The van der Waals surface area contributed by atoms with E-state index in [1.165, 1.54) is 22.5 Å². The summed E-state index contributed by atoms with van der Waals surface area (Å²) < 4.78 is 7.43. The van der Waals surface area contributed by atoms with Gasteiger partial charge in [0.15, 0.2) is 5.71 Å². The third kappa shape index (κ3) is 3.82. The summed E-state index contributed by atoms with van der Waals surface area (Å²) in [6.07, 6.45) is 3.61. The number of rotatable bonds is 7. The standard InChI is InChI=1S/C20H30NO2/c1-6-23-19(22)10-8-7-9-13-21-16(3)20(4,5)17-14-15(2)11-12-18(17)21/h11-12,14H,6-10,13H2,1-5H3/q+1.